The summed E-state index contributed by atoms with van der Waals surface area (Å²) in [5.41, 5.74) is 4.21. The predicted molar refractivity (Wildman–Crippen MR) is 172 cm³/mol. The van der Waals surface area contributed by atoms with Crippen molar-refractivity contribution in [3.63, 3.8) is 0 Å². The highest BCUT2D eigenvalue weighted by molar-refractivity contribution is 5.90. The number of nitrogens with one attached hydrogen (secondary N) is 1. The average Bonchev–Trinajstić information content (AvgIpc) is 3.06. The lowest BCUT2D eigenvalue weighted by molar-refractivity contribution is -0.253. The van der Waals surface area contributed by atoms with Gasteiger partial charge in [-0.25, -0.2) is 0 Å². The van der Waals surface area contributed by atoms with Crippen molar-refractivity contribution in [2.24, 2.45) is 0 Å². The number of nitrogens with zero attached hydrogens (tertiary/aromatic N) is 1. The number of ether oxygens (including phenoxy) is 2. The first-order chi connectivity index (χ1) is 21.7. The van der Waals surface area contributed by atoms with Crippen LogP contribution in [0, 0.1) is 0 Å². The Kier molecular flexibility index (Phi) is 13.1. The number of rotatable bonds is 16. The van der Waals surface area contributed by atoms with E-state index in [9.17, 15) is 19.8 Å². The highest BCUT2D eigenvalue weighted by Crippen LogP contribution is 2.38. The normalized spacial score (nSPS) is 19.6. The monoisotopic (exact) mass is 618 g/mol. The summed E-state index contributed by atoms with van der Waals surface area (Å²) in [7, 11) is 1.99. The van der Waals surface area contributed by atoms with E-state index in [-0.39, 0.29) is 37.2 Å². The Balaban J connectivity index is 1.39. The fourth-order valence-corrected chi connectivity index (χ4v) is 5.55. The van der Waals surface area contributed by atoms with Crippen molar-refractivity contribution in [1.29, 1.82) is 0 Å². The van der Waals surface area contributed by atoms with E-state index >= 15 is 0 Å². The summed E-state index contributed by atoms with van der Waals surface area (Å²) in [5, 5.41) is 32.2. The molecule has 5 atom stereocenters. The van der Waals surface area contributed by atoms with Gasteiger partial charge in [-0.05, 0) is 55.6 Å². The van der Waals surface area contributed by atoms with Gasteiger partial charge < -0.3 is 30.1 Å². The van der Waals surface area contributed by atoms with E-state index in [0.29, 0.717) is 37.9 Å². The fraction of sp³-hybridized carbons (Fsp3) is 0.444. The second kappa shape index (κ2) is 17.2. The van der Waals surface area contributed by atoms with Crippen LogP contribution in [0.2, 0.25) is 0 Å². The number of carbonyl (C=O) groups is 2. The van der Waals surface area contributed by atoms with Crippen LogP contribution in [0.4, 0.5) is 5.69 Å². The maximum atomic E-state index is 12.4. The molecule has 0 spiro atoms. The van der Waals surface area contributed by atoms with Gasteiger partial charge in [0.15, 0.2) is 6.29 Å². The second-order valence-corrected chi connectivity index (χ2v) is 11.9. The molecule has 3 aromatic carbocycles. The van der Waals surface area contributed by atoms with E-state index < -0.39 is 18.4 Å². The van der Waals surface area contributed by atoms with Crippen LogP contribution in [-0.4, -0.2) is 57.8 Å². The van der Waals surface area contributed by atoms with E-state index in [1.54, 1.807) is 0 Å². The molecule has 0 aromatic heterocycles. The van der Waals surface area contributed by atoms with Crippen molar-refractivity contribution in [3.05, 3.63) is 101 Å². The van der Waals surface area contributed by atoms with Crippen molar-refractivity contribution in [1.82, 2.24) is 4.90 Å². The third-order valence-electron chi connectivity index (χ3n) is 8.41. The quantitative estimate of drug-likeness (QED) is 0.141. The van der Waals surface area contributed by atoms with Gasteiger partial charge >= 0.3 is 5.97 Å². The number of aliphatic carboxylic acids is 1. The lowest BCUT2D eigenvalue weighted by Crippen LogP contribution is -2.43. The number of hydrogen-bond acceptors (Lipinski definition) is 7. The van der Waals surface area contributed by atoms with Gasteiger partial charge in [0.1, 0.15) is 0 Å². The molecular formula is C36H46N2O7. The van der Waals surface area contributed by atoms with Gasteiger partial charge in [-0.1, -0.05) is 79.6 Å². The van der Waals surface area contributed by atoms with Gasteiger partial charge in [-0.3, -0.25) is 14.5 Å². The number of carbonyl (C=O) groups excluding carboxylic acids is 1. The second-order valence-electron chi connectivity index (χ2n) is 11.9. The standard InChI is InChI=1S/C36H46N2O7/c1-25(35(43)28-10-6-5-7-11-28)38(2)23-31-22-32(27-16-14-26(24-39)15-17-27)45-36(44-31)29-18-20-30(21-19-29)37-33(40)12-8-3-4-9-13-34(41)42/h5-7,10-11,14-21,25,31-32,35-36,39,43H,3-4,8-9,12-13,22-24H2,1-2H3,(H,37,40)(H,41,42)/t25-,31-,32+,35-,36+/m1/s1. The van der Waals surface area contributed by atoms with Gasteiger partial charge in [0.05, 0.1) is 24.9 Å². The SMILES string of the molecule is C[C@H]([C@@H](O)c1ccccc1)N(C)C[C@H]1C[C@@H](c2ccc(CO)cc2)O[C@@H](c2ccc(NC(=O)CCCCCCC(=O)O)cc2)O1. The molecule has 1 fully saturated rings. The first kappa shape index (κ1) is 34.3. The van der Waals surface area contributed by atoms with Gasteiger partial charge in [0.25, 0.3) is 0 Å². The Labute approximate surface area is 265 Å². The Morgan fingerprint density at radius 2 is 1.53 bits per heavy atom. The molecule has 1 amide bonds. The van der Waals surface area contributed by atoms with Crippen molar-refractivity contribution in [3.8, 4) is 0 Å². The summed E-state index contributed by atoms with van der Waals surface area (Å²) in [4.78, 5) is 25.2. The predicted octanol–water partition coefficient (Wildman–Crippen LogP) is 6.14. The van der Waals surface area contributed by atoms with E-state index in [4.69, 9.17) is 14.6 Å². The third kappa shape index (κ3) is 10.5. The number of anilines is 1. The maximum absolute atomic E-state index is 12.4. The molecule has 242 valence electrons. The highest BCUT2D eigenvalue weighted by atomic mass is 16.7. The minimum atomic E-state index is -0.788. The van der Waals surface area contributed by atoms with Crippen LogP contribution < -0.4 is 5.32 Å². The molecule has 0 aliphatic carbocycles. The van der Waals surface area contributed by atoms with Crippen LogP contribution in [0.5, 0.6) is 0 Å². The number of likely N-dealkylation sites (N-methyl/N-ethyl adjacent to an activating group) is 1. The van der Waals surface area contributed by atoms with Crippen LogP contribution in [0.1, 0.15) is 92.6 Å². The maximum Gasteiger partial charge on any atom is 0.303 e. The van der Waals surface area contributed by atoms with E-state index in [1.165, 1.54) is 0 Å². The number of carboxylic acids is 1. The molecule has 0 bridgehead atoms. The lowest BCUT2D eigenvalue weighted by Gasteiger charge is -2.39. The average molecular weight is 619 g/mol. The minimum Gasteiger partial charge on any atom is -0.481 e. The number of amides is 1. The number of aliphatic hydroxyl groups is 2. The van der Waals surface area contributed by atoms with Gasteiger partial charge in [-0.15, -0.1) is 0 Å². The molecule has 1 aliphatic rings. The number of benzene rings is 3. The smallest absolute Gasteiger partial charge is 0.303 e. The number of hydrogen-bond donors (Lipinski definition) is 4. The summed E-state index contributed by atoms with van der Waals surface area (Å²) in [6, 6.07) is 24.7. The molecule has 4 rings (SSSR count). The van der Waals surface area contributed by atoms with Crippen molar-refractivity contribution in [2.75, 3.05) is 18.9 Å². The number of carboxylic acid groups (broad SMARTS) is 1. The topological polar surface area (TPSA) is 129 Å². The molecular weight excluding hydrogens is 572 g/mol. The summed E-state index contributed by atoms with van der Waals surface area (Å²) in [6.07, 6.45) is 2.43. The molecule has 1 heterocycles. The third-order valence-corrected chi connectivity index (χ3v) is 8.41. The molecule has 0 saturated carbocycles. The molecule has 1 aliphatic heterocycles. The van der Waals surface area contributed by atoms with E-state index in [1.807, 2.05) is 92.8 Å². The first-order valence-electron chi connectivity index (χ1n) is 15.8. The first-order valence-corrected chi connectivity index (χ1v) is 15.8. The fourth-order valence-electron chi connectivity index (χ4n) is 5.55. The summed E-state index contributed by atoms with van der Waals surface area (Å²) in [6.45, 7) is 2.56. The lowest BCUT2D eigenvalue weighted by atomic mass is 9.98. The molecule has 9 heteroatoms. The summed E-state index contributed by atoms with van der Waals surface area (Å²) in [5.74, 6) is -0.865. The van der Waals surface area contributed by atoms with Gasteiger partial charge in [0, 0.05) is 43.1 Å². The van der Waals surface area contributed by atoms with Crippen LogP contribution in [0.15, 0.2) is 78.9 Å². The van der Waals surface area contributed by atoms with Crippen molar-refractivity contribution < 1.29 is 34.4 Å². The molecule has 1 saturated heterocycles. The number of unbranched alkanes of at least 4 members (excludes halogenated alkanes) is 3. The zero-order valence-corrected chi connectivity index (χ0v) is 26.2. The molecule has 0 unspecified atom stereocenters. The van der Waals surface area contributed by atoms with Crippen LogP contribution >= 0.6 is 0 Å². The van der Waals surface area contributed by atoms with E-state index in [2.05, 4.69) is 10.2 Å². The number of aliphatic hydroxyl groups excluding tert-OH is 2. The summed E-state index contributed by atoms with van der Waals surface area (Å²) < 4.78 is 13.0. The van der Waals surface area contributed by atoms with Crippen molar-refractivity contribution >= 4 is 17.6 Å². The van der Waals surface area contributed by atoms with Crippen LogP contribution in [0.3, 0.4) is 0 Å². The Bertz CT molecular complexity index is 1330. The van der Waals surface area contributed by atoms with Gasteiger partial charge in [-0.2, -0.15) is 0 Å². The van der Waals surface area contributed by atoms with Crippen molar-refractivity contribution in [2.45, 2.75) is 89.1 Å². The minimum absolute atomic E-state index is 0.0255. The van der Waals surface area contributed by atoms with Gasteiger partial charge in [0.2, 0.25) is 5.91 Å². The summed E-state index contributed by atoms with van der Waals surface area (Å²) >= 11 is 0. The van der Waals surface area contributed by atoms with Crippen LogP contribution in [-0.2, 0) is 25.7 Å². The zero-order valence-electron chi connectivity index (χ0n) is 26.2. The Hall–Kier alpha value is -3.60. The van der Waals surface area contributed by atoms with E-state index in [0.717, 1.165) is 35.1 Å². The molecule has 9 nitrogen and oxygen atoms in total. The molecule has 0 radical (unpaired) electrons. The highest BCUT2D eigenvalue weighted by Gasteiger charge is 2.34. The zero-order chi connectivity index (χ0) is 32.2. The molecule has 3 aromatic rings. The van der Waals surface area contributed by atoms with Crippen LogP contribution in [0.25, 0.3) is 0 Å². The largest absolute Gasteiger partial charge is 0.481 e. The Morgan fingerprint density at radius 1 is 0.889 bits per heavy atom. The molecule has 45 heavy (non-hydrogen) atoms. The molecule has 4 N–H and O–H groups in total. The Morgan fingerprint density at radius 3 is 2.18 bits per heavy atom.